The highest BCUT2D eigenvalue weighted by Crippen LogP contribution is 2.46. The number of carbonyl (C=O) groups is 1. The predicted molar refractivity (Wildman–Crippen MR) is 78.9 cm³/mol. The lowest BCUT2D eigenvalue weighted by molar-refractivity contribution is 0.0917. The van der Waals surface area contributed by atoms with E-state index in [0.29, 0.717) is 11.9 Å². The molecule has 104 valence electrons. The molecule has 0 aromatic heterocycles. The molecule has 0 radical (unpaired) electrons. The van der Waals surface area contributed by atoms with Crippen molar-refractivity contribution < 1.29 is 13.2 Å². The minimum atomic E-state index is -2.07. The van der Waals surface area contributed by atoms with Crippen LogP contribution in [0.3, 0.4) is 0 Å². The summed E-state index contributed by atoms with van der Waals surface area (Å²) in [4.78, 5) is 11.0. The molecule has 1 amide bonds. The maximum atomic E-state index is 12.2. The fraction of sp³-hybridized carbons (Fsp3) is 0.222. The van der Waals surface area contributed by atoms with Crippen LogP contribution in [-0.2, 0) is 11.3 Å². The van der Waals surface area contributed by atoms with E-state index in [1.165, 1.54) is 12.1 Å². The van der Waals surface area contributed by atoms with Gasteiger partial charge in [-0.3, -0.25) is 4.79 Å². The Kier molecular flexibility index (Phi) is 4.80. The van der Waals surface area contributed by atoms with Gasteiger partial charge in [0.05, 0.1) is 5.56 Å². The zero-order valence-corrected chi connectivity index (χ0v) is 13.5. The summed E-state index contributed by atoms with van der Waals surface area (Å²) in [6.07, 6.45) is 0. The van der Waals surface area contributed by atoms with Crippen LogP contribution in [0.4, 0.5) is 0 Å². The second-order valence-electron chi connectivity index (χ2n) is 3.31. The van der Waals surface area contributed by atoms with Crippen LogP contribution in [0.15, 0.2) is 24.3 Å². The average Bonchev–Trinajstić information content (AvgIpc) is 2.34. The Hall–Kier alpha value is 0.150. The fourth-order valence-corrected chi connectivity index (χ4v) is 3.88. The highest BCUT2D eigenvalue weighted by atomic mass is 35.5. The van der Waals surface area contributed by atoms with E-state index in [0.717, 1.165) is 3.71 Å². The van der Waals surface area contributed by atoms with Gasteiger partial charge >= 0.3 is 11.3 Å². The molecule has 0 spiro atoms. The normalized spacial score (nSPS) is 19.3. The quantitative estimate of drug-likeness (QED) is 0.592. The van der Waals surface area contributed by atoms with Gasteiger partial charge in [0.1, 0.15) is 0 Å². The Morgan fingerprint density at radius 1 is 1.32 bits per heavy atom. The maximum Gasteiger partial charge on any atom is 0.332 e. The van der Waals surface area contributed by atoms with Gasteiger partial charge in [-0.15, -0.1) is 23.2 Å². The van der Waals surface area contributed by atoms with Crippen molar-refractivity contribution in [2.45, 2.75) is 8.50 Å². The standard InChI is InChI=1S/C9H5Cl4NO3S2/c10-8(11)9(12,13)18-14-7(15)5-3-1-2-4-6(5)17-19(14)16/h1-4,8H. The van der Waals surface area contributed by atoms with Gasteiger partial charge < -0.3 is 4.18 Å². The summed E-state index contributed by atoms with van der Waals surface area (Å²) in [5, 5.41) is 0. The Labute approximate surface area is 136 Å². The molecule has 1 aromatic carbocycles. The molecule has 19 heavy (non-hydrogen) atoms. The van der Waals surface area contributed by atoms with E-state index >= 15 is 0 Å². The monoisotopic (exact) mass is 379 g/mol. The minimum absolute atomic E-state index is 0.228. The second kappa shape index (κ2) is 5.87. The van der Waals surface area contributed by atoms with Gasteiger partial charge in [-0.05, 0) is 12.1 Å². The van der Waals surface area contributed by atoms with Crippen molar-refractivity contribution in [3.05, 3.63) is 29.8 Å². The highest BCUT2D eigenvalue weighted by Gasteiger charge is 2.43. The van der Waals surface area contributed by atoms with Crippen molar-refractivity contribution in [1.29, 1.82) is 0 Å². The van der Waals surface area contributed by atoms with Gasteiger partial charge in [0.2, 0.25) is 3.67 Å². The second-order valence-corrected chi connectivity index (χ2v) is 8.63. The summed E-state index contributed by atoms with van der Waals surface area (Å²) >= 11 is 21.3. The summed E-state index contributed by atoms with van der Waals surface area (Å²) in [5.74, 6) is -0.324. The summed E-state index contributed by atoms with van der Waals surface area (Å²) in [5.41, 5.74) is 0.249. The van der Waals surface area contributed by atoms with Gasteiger partial charge in [-0.1, -0.05) is 35.3 Å². The van der Waals surface area contributed by atoms with Crippen molar-refractivity contribution >= 4 is 75.5 Å². The van der Waals surface area contributed by atoms with Gasteiger partial charge in [0.15, 0.2) is 10.6 Å². The summed E-state index contributed by atoms with van der Waals surface area (Å²) in [7, 11) is 0. The first-order valence-corrected chi connectivity index (χ1v) is 8.15. The van der Waals surface area contributed by atoms with Crippen molar-refractivity contribution in [3.63, 3.8) is 0 Å². The molecule has 1 aliphatic heterocycles. The zero-order chi connectivity index (χ0) is 14.2. The van der Waals surface area contributed by atoms with Gasteiger partial charge in [0, 0.05) is 11.9 Å². The number of para-hydroxylation sites is 1. The third kappa shape index (κ3) is 3.25. The van der Waals surface area contributed by atoms with Crippen molar-refractivity contribution in [3.8, 4) is 5.75 Å². The molecule has 0 saturated carbocycles. The number of amides is 1. The topological polar surface area (TPSA) is 46.6 Å². The van der Waals surface area contributed by atoms with E-state index < -0.39 is 25.7 Å². The van der Waals surface area contributed by atoms with Crippen molar-refractivity contribution in [2.75, 3.05) is 0 Å². The Balaban J connectivity index is 2.29. The number of rotatable bonds is 3. The number of halogens is 4. The van der Waals surface area contributed by atoms with Gasteiger partial charge in [-0.25, -0.2) is 0 Å². The molecule has 10 heteroatoms. The number of carbonyl (C=O) groups excluding carboxylic acids is 1. The first-order valence-electron chi connectivity index (χ1n) is 4.71. The molecule has 0 bridgehead atoms. The lowest BCUT2D eigenvalue weighted by Crippen LogP contribution is -2.38. The molecule has 1 unspecified atom stereocenters. The molecular formula is C9H5Cl4NO3S2. The summed E-state index contributed by atoms with van der Waals surface area (Å²) in [6, 6.07) is 6.38. The Bertz CT molecular complexity index is 540. The lowest BCUT2D eigenvalue weighted by Gasteiger charge is -2.29. The van der Waals surface area contributed by atoms with Crippen LogP contribution in [0.5, 0.6) is 5.75 Å². The number of nitrogens with zero attached hydrogens (tertiary/aromatic N) is 1. The number of benzene rings is 1. The van der Waals surface area contributed by atoms with Crippen LogP contribution in [0, 0.1) is 0 Å². The predicted octanol–water partition coefficient (Wildman–Crippen LogP) is 3.68. The molecule has 2 rings (SSSR count). The number of alkyl halides is 4. The molecule has 0 saturated heterocycles. The zero-order valence-electron chi connectivity index (χ0n) is 8.89. The van der Waals surface area contributed by atoms with E-state index in [4.69, 9.17) is 50.6 Å². The fourth-order valence-electron chi connectivity index (χ4n) is 1.21. The first kappa shape index (κ1) is 15.5. The summed E-state index contributed by atoms with van der Waals surface area (Å²) < 4.78 is 16.0. The lowest BCUT2D eigenvalue weighted by atomic mass is 10.2. The number of hydrogen-bond donors (Lipinski definition) is 0. The maximum absolute atomic E-state index is 12.2. The third-order valence-corrected chi connectivity index (χ3v) is 6.41. The molecule has 1 atom stereocenters. The Morgan fingerprint density at radius 2 is 1.95 bits per heavy atom. The third-order valence-electron chi connectivity index (χ3n) is 2.04. The SMILES string of the molecule is O=C1c2ccccc2OS(=O)N1SC(Cl)(Cl)C(Cl)Cl. The van der Waals surface area contributed by atoms with Crippen molar-refractivity contribution in [1.82, 2.24) is 3.71 Å². The summed E-state index contributed by atoms with van der Waals surface area (Å²) in [6.45, 7) is 0. The first-order chi connectivity index (χ1) is 8.83. The van der Waals surface area contributed by atoms with Crippen LogP contribution in [0.25, 0.3) is 0 Å². The molecule has 0 fully saturated rings. The molecular weight excluding hydrogens is 376 g/mol. The highest BCUT2D eigenvalue weighted by molar-refractivity contribution is 8.09. The van der Waals surface area contributed by atoms with Gasteiger partial charge in [-0.2, -0.15) is 7.92 Å². The van der Waals surface area contributed by atoms with E-state index in [-0.39, 0.29) is 11.3 Å². The Morgan fingerprint density at radius 3 is 2.58 bits per heavy atom. The van der Waals surface area contributed by atoms with E-state index in [1.807, 2.05) is 0 Å². The van der Waals surface area contributed by atoms with Crippen LogP contribution in [0.2, 0.25) is 0 Å². The van der Waals surface area contributed by atoms with Crippen LogP contribution in [0.1, 0.15) is 10.4 Å². The van der Waals surface area contributed by atoms with Crippen LogP contribution in [-0.4, -0.2) is 22.3 Å². The molecule has 1 aliphatic rings. The van der Waals surface area contributed by atoms with Crippen LogP contribution < -0.4 is 4.18 Å². The smallest absolute Gasteiger partial charge is 0.332 e. The molecule has 1 aromatic rings. The molecule has 0 N–H and O–H groups in total. The van der Waals surface area contributed by atoms with Gasteiger partial charge in [0.25, 0.3) is 5.91 Å². The van der Waals surface area contributed by atoms with E-state index in [2.05, 4.69) is 0 Å². The van der Waals surface area contributed by atoms with E-state index in [1.54, 1.807) is 12.1 Å². The van der Waals surface area contributed by atoms with Crippen molar-refractivity contribution in [2.24, 2.45) is 0 Å². The average molecular weight is 381 g/mol. The number of hydrogen-bond acceptors (Lipinski definition) is 4. The van der Waals surface area contributed by atoms with Crippen LogP contribution >= 0.6 is 58.4 Å². The largest absolute Gasteiger partial charge is 0.383 e. The van der Waals surface area contributed by atoms with E-state index in [9.17, 15) is 9.00 Å². The number of fused-ring (bicyclic) bond motifs is 1. The molecule has 4 nitrogen and oxygen atoms in total. The minimum Gasteiger partial charge on any atom is -0.383 e. The molecule has 1 heterocycles. The molecule has 0 aliphatic carbocycles.